The molecule has 180 valence electrons. The van der Waals surface area contributed by atoms with Crippen molar-refractivity contribution in [2.24, 2.45) is 0 Å². The van der Waals surface area contributed by atoms with Crippen LogP contribution in [0.1, 0.15) is 110 Å². The van der Waals surface area contributed by atoms with Gasteiger partial charge in [-0.2, -0.15) is 0 Å². The van der Waals surface area contributed by atoms with Crippen LogP contribution in [-0.4, -0.2) is 62.4 Å². The molecule has 1 aliphatic rings. The summed E-state index contributed by atoms with van der Waals surface area (Å²) < 4.78 is 6.73. The third-order valence-electron chi connectivity index (χ3n) is 6.17. The van der Waals surface area contributed by atoms with Crippen molar-refractivity contribution in [3.8, 4) is 0 Å². The number of nitrogens with zero attached hydrogens (tertiary/aromatic N) is 2. The first-order chi connectivity index (χ1) is 14.0. The van der Waals surface area contributed by atoms with E-state index in [-0.39, 0.29) is 12.4 Å². The van der Waals surface area contributed by atoms with Gasteiger partial charge in [0, 0.05) is 26.2 Å². The number of carbonyl (C=O) groups is 1. The summed E-state index contributed by atoms with van der Waals surface area (Å²) in [6.45, 7) is 7.03. The van der Waals surface area contributed by atoms with Crippen molar-refractivity contribution in [2.45, 2.75) is 110 Å². The molecule has 0 bridgehead atoms. The molecule has 0 aromatic heterocycles. The zero-order valence-electron chi connectivity index (χ0n) is 20.4. The summed E-state index contributed by atoms with van der Waals surface area (Å²) in [6.07, 6.45) is 20.8. The summed E-state index contributed by atoms with van der Waals surface area (Å²) in [5, 5.41) is 0. The zero-order chi connectivity index (χ0) is 21.2. The SMILES string of the molecule is CCCCCCCCCCCCCCOCCCC[N+](C)(C)CN1CCCC1=O.[Cl-]. The predicted molar refractivity (Wildman–Crippen MR) is 124 cm³/mol. The van der Waals surface area contributed by atoms with Gasteiger partial charge >= 0.3 is 0 Å². The molecular formula is C25H51ClN2O2. The highest BCUT2D eigenvalue weighted by molar-refractivity contribution is 5.77. The van der Waals surface area contributed by atoms with Gasteiger partial charge in [-0.3, -0.25) is 9.69 Å². The number of hydrogen-bond donors (Lipinski definition) is 0. The molecule has 5 heteroatoms. The van der Waals surface area contributed by atoms with Gasteiger partial charge in [0.15, 0.2) is 6.67 Å². The second-order valence-electron chi connectivity index (χ2n) is 9.77. The number of quaternary nitrogens is 1. The van der Waals surface area contributed by atoms with Crippen molar-refractivity contribution >= 4 is 5.91 Å². The summed E-state index contributed by atoms with van der Waals surface area (Å²) in [6, 6.07) is 0. The molecule has 1 fully saturated rings. The van der Waals surface area contributed by atoms with Crippen LogP contribution in [0.3, 0.4) is 0 Å². The standard InChI is InChI=1S/C25H51N2O2.ClH/c1-4-5-6-7-8-9-10-11-12-13-14-16-22-29-23-17-15-21-27(2,3)24-26-20-18-19-25(26)28;/h4-24H2,1-3H3;1H/q+1;/p-1. The fourth-order valence-corrected chi connectivity index (χ4v) is 4.28. The maximum atomic E-state index is 11.8. The minimum atomic E-state index is 0. The maximum absolute atomic E-state index is 11.8. The molecule has 4 nitrogen and oxygen atoms in total. The fraction of sp³-hybridized carbons (Fsp3) is 0.960. The number of halogens is 1. The smallest absolute Gasteiger partial charge is 0.226 e. The third-order valence-corrected chi connectivity index (χ3v) is 6.17. The van der Waals surface area contributed by atoms with Crippen LogP contribution in [0.2, 0.25) is 0 Å². The first-order valence-electron chi connectivity index (χ1n) is 12.7. The monoisotopic (exact) mass is 446 g/mol. The number of unbranched alkanes of at least 4 members (excludes halogenated alkanes) is 12. The molecule has 1 amide bonds. The number of amides is 1. The van der Waals surface area contributed by atoms with E-state index in [1.54, 1.807) is 0 Å². The number of likely N-dealkylation sites (tertiary alicyclic amines) is 1. The van der Waals surface area contributed by atoms with Crippen LogP contribution < -0.4 is 12.4 Å². The summed E-state index contributed by atoms with van der Waals surface area (Å²) in [5.41, 5.74) is 0. The van der Waals surface area contributed by atoms with E-state index >= 15 is 0 Å². The number of rotatable bonds is 20. The highest BCUT2D eigenvalue weighted by Crippen LogP contribution is 2.14. The van der Waals surface area contributed by atoms with Gasteiger partial charge in [0.25, 0.3) is 0 Å². The van der Waals surface area contributed by atoms with Gasteiger partial charge in [0.05, 0.1) is 20.6 Å². The Morgan fingerprint density at radius 2 is 1.30 bits per heavy atom. The Labute approximate surface area is 194 Å². The Bertz CT molecular complexity index is 405. The molecule has 0 radical (unpaired) electrons. The Morgan fingerprint density at radius 3 is 1.80 bits per heavy atom. The molecular weight excluding hydrogens is 396 g/mol. The minimum absolute atomic E-state index is 0. The summed E-state index contributed by atoms with van der Waals surface area (Å²) in [5.74, 6) is 0.335. The Balaban J connectivity index is 0.00000841. The van der Waals surface area contributed by atoms with E-state index in [1.807, 2.05) is 4.90 Å². The molecule has 0 spiro atoms. The van der Waals surface area contributed by atoms with Crippen LogP contribution in [-0.2, 0) is 9.53 Å². The molecule has 0 aromatic rings. The Morgan fingerprint density at radius 1 is 0.800 bits per heavy atom. The third kappa shape index (κ3) is 16.4. The lowest BCUT2D eigenvalue weighted by atomic mass is 10.1. The van der Waals surface area contributed by atoms with E-state index in [9.17, 15) is 4.79 Å². The molecule has 1 aliphatic heterocycles. The number of hydrogen-bond acceptors (Lipinski definition) is 2. The second-order valence-corrected chi connectivity index (χ2v) is 9.77. The first kappa shape index (κ1) is 29.7. The van der Waals surface area contributed by atoms with Crippen LogP contribution in [0, 0.1) is 0 Å². The van der Waals surface area contributed by atoms with Crippen molar-refractivity contribution in [1.82, 2.24) is 4.90 Å². The van der Waals surface area contributed by atoms with Crippen molar-refractivity contribution in [3.05, 3.63) is 0 Å². The summed E-state index contributed by atoms with van der Waals surface area (Å²) >= 11 is 0. The van der Waals surface area contributed by atoms with E-state index in [1.165, 1.54) is 83.5 Å². The fourth-order valence-electron chi connectivity index (χ4n) is 4.28. The normalized spacial score (nSPS) is 14.4. The Kier molecular flexibility index (Phi) is 19.2. The van der Waals surface area contributed by atoms with E-state index in [4.69, 9.17) is 4.74 Å². The highest BCUT2D eigenvalue weighted by atomic mass is 35.5. The van der Waals surface area contributed by atoms with Gasteiger partial charge in [0.2, 0.25) is 5.91 Å². The van der Waals surface area contributed by atoms with Crippen LogP contribution in [0.25, 0.3) is 0 Å². The van der Waals surface area contributed by atoms with E-state index < -0.39 is 0 Å². The van der Waals surface area contributed by atoms with E-state index in [0.29, 0.717) is 5.91 Å². The van der Waals surface area contributed by atoms with Crippen molar-refractivity contribution < 1.29 is 26.4 Å². The van der Waals surface area contributed by atoms with Crippen molar-refractivity contribution in [3.63, 3.8) is 0 Å². The van der Waals surface area contributed by atoms with Gasteiger partial charge in [-0.15, -0.1) is 0 Å². The lowest BCUT2D eigenvalue weighted by Gasteiger charge is -2.33. The van der Waals surface area contributed by atoms with Crippen molar-refractivity contribution in [1.29, 1.82) is 0 Å². The summed E-state index contributed by atoms with van der Waals surface area (Å²) in [4.78, 5) is 13.8. The van der Waals surface area contributed by atoms with E-state index in [2.05, 4.69) is 21.0 Å². The minimum Gasteiger partial charge on any atom is -1.00 e. The molecule has 0 saturated carbocycles. The van der Waals surface area contributed by atoms with Gasteiger partial charge < -0.3 is 21.6 Å². The zero-order valence-corrected chi connectivity index (χ0v) is 21.2. The molecule has 30 heavy (non-hydrogen) atoms. The summed E-state index contributed by atoms with van der Waals surface area (Å²) in [7, 11) is 4.47. The number of ether oxygens (including phenoxy) is 1. The van der Waals surface area contributed by atoms with Gasteiger partial charge in [-0.05, 0) is 25.7 Å². The van der Waals surface area contributed by atoms with Crippen LogP contribution >= 0.6 is 0 Å². The number of carbonyl (C=O) groups excluding carboxylic acids is 1. The first-order valence-corrected chi connectivity index (χ1v) is 12.7. The average Bonchev–Trinajstić information content (AvgIpc) is 3.08. The molecule has 0 aliphatic carbocycles. The second kappa shape index (κ2) is 19.4. The van der Waals surface area contributed by atoms with Crippen LogP contribution in [0.4, 0.5) is 0 Å². The van der Waals surface area contributed by atoms with Crippen LogP contribution in [0.5, 0.6) is 0 Å². The molecule has 1 saturated heterocycles. The van der Waals surface area contributed by atoms with E-state index in [0.717, 1.165) is 56.7 Å². The predicted octanol–water partition coefficient (Wildman–Crippen LogP) is 3.14. The lowest BCUT2D eigenvalue weighted by molar-refractivity contribution is -0.899. The Hall–Kier alpha value is -0.320. The van der Waals surface area contributed by atoms with Gasteiger partial charge in [-0.25, -0.2) is 0 Å². The largest absolute Gasteiger partial charge is 1.00 e. The molecule has 0 N–H and O–H groups in total. The molecule has 0 aromatic carbocycles. The van der Waals surface area contributed by atoms with Crippen molar-refractivity contribution in [2.75, 3.05) is 47.1 Å². The molecule has 1 heterocycles. The molecule has 1 rings (SSSR count). The van der Waals surface area contributed by atoms with Crippen LogP contribution in [0.15, 0.2) is 0 Å². The average molecular weight is 447 g/mol. The molecule has 0 atom stereocenters. The quantitative estimate of drug-likeness (QED) is 0.212. The lowest BCUT2D eigenvalue weighted by Crippen LogP contribution is -3.00. The maximum Gasteiger partial charge on any atom is 0.226 e. The van der Waals surface area contributed by atoms with Gasteiger partial charge in [0.1, 0.15) is 0 Å². The highest BCUT2D eigenvalue weighted by Gasteiger charge is 2.26. The van der Waals surface area contributed by atoms with Gasteiger partial charge in [-0.1, -0.05) is 77.6 Å². The molecule has 0 unspecified atom stereocenters. The topological polar surface area (TPSA) is 29.5 Å².